The number of nitro benzene ring substituents is 1. The highest BCUT2D eigenvalue weighted by atomic mass is 16.6. The maximum absolute atomic E-state index is 12.4. The number of nitrogens with zero attached hydrogens (tertiary/aromatic N) is 1. The molecule has 6 heteroatoms. The van der Waals surface area contributed by atoms with Crippen molar-refractivity contribution in [2.75, 3.05) is 13.2 Å². The van der Waals surface area contributed by atoms with Gasteiger partial charge in [-0.05, 0) is 36.3 Å². The van der Waals surface area contributed by atoms with Gasteiger partial charge in [0, 0.05) is 23.6 Å². The number of fused-ring (bicyclic) bond motifs is 1. The van der Waals surface area contributed by atoms with Crippen LogP contribution in [0.1, 0.15) is 34.8 Å². The maximum atomic E-state index is 12.4. The first-order chi connectivity index (χ1) is 12.6. The second-order valence-corrected chi connectivity index (χ2v) is 5.91. The number of nitro groups is 1. The Morgan fingerprint density at radius 3 is 2.65 bits per heavy atom. The molecule has 0 atom stereocenters. The molecule has 1 aliphatic rings. The number of carbonyl (C=O) groups is 1. The Morgan fingerprint density at radius 1 is 1.15 bits per heavy atom. The van der Waals surface area contributed by atoms with Gasteiger partial charge in [-0.2, -0.15) is 0 Å². The van der Waals surface area contributed by atoms with E-state index in [9.17, 15) is 14.9 Å². The normalized spacial score (nSPS) is 13.4. The molecule has 1 heterocycles. The molecule has 2 aromatic carbocycles. The third kappa shape index (κ3) is 3.91. The summed E-state index contributed by atoms with van der Waals surface area (Å²) in [7, 11) is 0. The van der Waals surface area contributed by atoms with Gasteiger partial charge in [-0.15, -0.1) is 0 Å². The number of hydrogen-bond donors (Lipinski definition) is 0. The molecule has 6 nitrogen and oxygen atoms in total. The van der Waals surface area contributed by atoms with Crippen LogP contribution < -0.4 is 9.47 Å². The van der Waals surface area contributed by atoms with Crippen molar-refractivity contribution in [3.05, 3.63) is 69.3 Å². The van der Waals surface area contributed by atoms with Crippen LogP contribution in [0.5, 0.6) is 11.5 Å². The number of allylic oxidation sites excluding steroid dienone is 1. The van der Waals surface area contributed by atoms with E-state index in [-0.39, 0.29) is 11.5 Å². The first kappa shape index (κ1) is 17.7. The summed E-state index contributed by atoms with van der Waals surface area (Å²) in [6.45, 7) is 3.01. The van der Waals surface area contributed by atoms with E-state index >= 15 is 0 Å². The van der Waals surface area contributed by atoms with Crippen molar-refractivity contribution < 1.29 is 19.2 Å². The molecule has 26 heavy (non-hydrogen) atoms. The van der Waals surface area contributed by atoms with Crippen LogP contribution in [0.3, 0.4) is 0 Å². The third-order valence-corrected chi connectivity index (χ3v) is 4.15. The summed E-state index contributed by atoms with van der Waals surface area (Å²) in [5.41, 5.74) is 1.82. The van der Waals surface area contributed by atoms with Crippen LogP contribution in [0.25, 0.3) is 6.08 Å². The molecule has 0 bridgehead atoms. The molecule has 0 N–H and O–H groups in total. The Kier molecular flexibility index (Phi) is 5.31. The molecule has 0 amide bonds. The summed E-state index contributed by atoms with van der Waals surface area (Å²) in [6, 6.07) is 10.0. The molecule has 0 fully saturated rings. The average Bonchev–Trinajstić information content (AvgIpc) is 2.90. The highest BCUT2D eigenvalue weighted by Gasteiger charge is 2.14. The quantitative estimate of drug-likeness (QED) is 0.348. The highest BCUT2D eigenvalue weighted by molar-refractivity contribution is 6.07. The lowest BCUT2D eigenvalue weighted by atomic mass is 10.0. The lowest BCUT2D eigenvalue weighted by Gasteiger charge is -2.07. The second-order valence-electron chi connectivity index (χ2n) is 5.91. The van der Waals surface area contributed by atoms with Gasteiger partial charge in [0.05, 0.1) is 18.1 Å². The topological polar surface area (TPSA) is 78.7 Å². The van der Waals surface area contributed by atoms with Crippen molar-refractivity contribution in [2.24, 2.45) is 0 Å². The predicted molar refractivity (Wildman–Crippen MR) is 97.9 cm³/mol. The monoisotopic (exact) mass is 353 g/mol. The molecular weight excluding hydrogens is 334 g/mol. The van der Waals surface area contributed by atoms with E-state index in [2.05, 4.69) is 0 Å². The molecular formula is C20H19NO5. The van der Waals surface area contributed by atoms with E-state index in [4.69, 9.17) is 9.47 Å². The summed E-state index contributed by atoms with van der Waals surface area (Å²) in [5, 5.41) is 11.1. The van der Waals surface area contributed by atoms with Crippen LogP contribution in [-0.2, 0) is 6.42 Å². The zero-order valence-electron chi connectivity index (χ0n) is 14.4. The van der Waals surface area contributed by atoms with E-state index in [0.717, 1.165) is 6.42 Å². The second kappa shape index (κ2) is 7.82. The minimum absolute atomic E-state index is 0.0673. The summed E-state index contributed by atoms with van der Waals surface area (Å²) in [4.78, 5) is 23.2. The van der Waals surface area contributed by atoms with Crippen LogP contribution in [0, 0.1) is 10.1 Å². The lowest BCUT2D eigenvalue weighted by Crippen LogP contribution is -1.98. The van der Waals surface area contributed by atoms with Gasteiger partial charge < -0.3 is 9.47 Å². The van der Waals surface area contributed by atoms with Crippen molar-refractivity contribution in [1.82, 2.24) is 0 Å². The standard InChI is InChI=1S/C20H19NO5/c1-2-15-6-4-14(12-17(15)21(23)24)5-8-18(22)16-7-9-19-20(13-16)26-11-3-10-25-19/h4-9,12-13H,2-3,10-11H2,1H3/b8-5+. The van der Waals surface area contributed by atoms with Crippen molar-refractivity contribution in [2.45, 2.75) is 19.8 Å². The van der Waals surface area contributed by atoms with Crippen molar-refractivity contribution in [3.63, 3.8) is 0 Å². The first-order valence-corrected chi connectivity index (χ1v) is 8.48. The van der Waals surface area contributed by atoms with E-state index in [1.807, 2.05) is 6.92 Å². The van der Waals surface area contributed by atoms with Crippen LogP contribution in [0.4, 0.5) is 5.69 Å². The molecule has 1 aliphatic heterocycles. The summed E-state index contributed by atoms with van der Waals surface area (Å²) < 4.78 is 11.1. The Morgan fingerprint density at radius 2 is 1.92 bits per heavy atom. The minimum atomic E-state index is -0.401. The highest BCUT2D eigenvalue weighted by Crippen LogP contribution is 2.30. The van der Waals surface area contributed by atoms with Crippen molar-refractivity contribution in [1.29, 1.82) is 0 Å². The molecule has 0 spiro atoms. The minimum Gasteiger partial charge on any atom is -0.490 e. The molecule has 2 aromatic rings. The van der Waals surface area contributed by atoms with Gasteiger partial charge >= 0.3 is 0 Å². The number of ketones is 1. The SMILES string of the molecule is CCc1ccc(/C=C/C(=O)c2ccc3c(c2)OCCCO3)cc1[N+](=O)[O-]. The Hall–Kier alpha value is -3.15. The molecule has 0 aromatic heterocycles. The van der Waals surface area contributed by atoms with Gasteiger partial charge in [-0.25, -0.2) is 0 Å². The van der Waals surface area contributed by atoms with E-state index in [1.165, 1.54) is 12.1 Å². The van der Waals surface area contributed by atoms with Crippen molar-refractivity contribution in [3.8, 4) is 11.5 Å². The Labute approximate surface area is 151 Å². The number of hydrogen-bond acceptors (Lipinski definition) is 5. The van der Waals surface area contributed by atoms with Crippen LogP contribution >= 0.6 is 0 Å². The molecule has 3 rings (SSSR count). The summed E-state index contributed by atoms with van der Waals surface area (Å²) >= 11 is 0. The third-order valence-electron chi connectivity index (χ3n) is 4.15. The van der Waals surface area contributed by atoms with Gasteiger partial charge in [0.1, 0.15) is 0 Å². The van der Waals surface area contributed by atoms with Gasteiger partial charge in [0.25, 0.3) is 5.69 Å². The van der Waals surface area contributed by atoms with Gasteiger partial charge in [0.15, 0.2) is 17.3 Å². The molecule has 0 saturated heterocycles. The van der Waals surface area contributed by atoms with Gasteiger partial charge in [-0.1, -0.05) is 25.1 Å². The zero-order chi connectivity index (χ0) is 18.5. The zero-order valence-corrected chi connectivity index (χ0v) is 14.4. The van der Waals surface area contributed by atoms with Gasteiger partial charge in [0.2, 0.25) is 0 Å². The fourth-order valence-electron chi connectivity index (χ4n) is 2.74. The van der Waals surface area contributed by atoms with Crippen LogP contribution in [0.15, 0.2) is 42.5 Å². The fraction of sp³-hybridized carbons (Fsp3) is 0.250. The van der Waals surface area contributed by atoms with Crippen LogP contribution in [0.2, 0.25) is 0 Å². The van der Waals surface area contributed by atoms with Crippen molar-refractivity contribution >= 4 is 17.5 Å². The average molecular weight is 353 g/mol. The molecule has 0 unspecified atom stereocenters. The number of carbonyl (C=O) groups excluding carboxylic acids is 1. The predicted octanol–water partition coefficient (Wildman–Crippen LogP) is 4.21. The first-order valence-electron chi connectivity index (χ1n) is 8.48. The molecule has 0 radical (unpaired) electrons. The van der Waals surface area contributed by atoms with Crippen LogP contribution in [-0.4, -0.2) is 23.9 Å². The lowest BCUT2D eigenvalue weighted by molar-refractivity contribution is -0.385. The number of benzene rings is 2. The Bertz CT molecular complexity index is 873. The molecule has 134 valence electrons. The number of ether oxygens (including phenoxy) is 2. The van der Waals surface area contributed by atoms with Gasteiger partial charge in [-0.3, -0.25) is 14.9 Å². The Balaban J connectivity index is 1.80. The number of aryl methyl sites for hydroxylation is 1. The summed E-state index contributed by atoms with van der Waals surface area (Å²) in [5.74, 6) is 0.987. The summed E-state index contributed by atoms with van der Waals surface area (Å²) in [6.07, 6.45) is 4.36. The van der Waals surface area contributed by atoms with E-state index in [1.54, 1.807) is 36.4 Å². The fourth-order valence-corrected chi connectivity index (χ4v) is 2.74. The molecule has 0 saturated carbocycles. The largest absolute Gasteiger partial charge is 0.490 e. The smallest absolute Gasteiger partial charge is 0.273 e. The molecule has 0 aliphatic carbocycles. The maximum Gasteiger partial charge on any atom is 0.273 e. The van der Waals surface area contributed by atoms with E-state index in [0.29, 0.717) is 47.8 Å². The number of rotatable bonds is 5. The van der Waals surface area contributed by atoms with E-state index < -0.39 is 4.92 Å².